The number of sulfone groups is 1. The van der Waals surface area contributed by atoms with Crippen LogP contribution >= 0.6 is 11.3 Å². The second-order valence-corrected chi connectivity index (χ2v) is 11.1. The van der Waals surface area contributed by atoms with E-state index < -0.39 is 9.84 Å². The van der Waals surface area contributed by atoms with Crippen LogP contribution in [0.1, 0.15) is 35.0 Å². The predicted octanol–water partition coefficient (Wildman–Crippen LogP) is 2.62. The highest BCUT2D eigenvalue weighted by Crippen LogP contribution is 2.46. The van der Waals surface area contributed by atoms with E-state index in [1.165, 1.54) is 11.3 Å². The zero-order valence-electron chi connectivity index (χ0n) is 16.9. The van der Waals surface area contributed by atoms with Gasteiger partial charge in [-0.15, -0.1) is 11.3 Å². The maximum Gasteiger partial charge on any atom is 0.264 e. The molecule has 1 amide bonds. The number of hydrogen-bond acceptors (Lipinski definition) is 7. The molecule has 0 atom stereocenters. The van der Waals surface area contributed by atoms with E-state index in [4.69, 9.17) is 0 Å². The van der Waals surface area contributed by atoms with Crippen LogP contribution in [0.15, 0.2) is 28.9 Å². The molecule has 0 radical (unpaired) electrons. The lowest BCUT2D eigenvalue weighted by molar-refractivity contribution is 0.0628. The highest BCUT2D eigenvalue weighted by atomic mass is 32.2. The van der Waals surface area contributed by atoms with Crippen molar-refractivity contribution in [1.29, 1.82) is 0 Å². The maximum absolute atomic E-state index is 13.4. The van der Waals surface area contributed by atoms with Crippen molar-refractivity contribution >= 4 is 43.9 Å². The summed E-state index contributed by atoms with van der Waals surface area (Å²) in [6.07, 6.45) is 5.31. The number of fused-ring (bicyclic) bond motifs is 1. The lowest BCUT2D eigenvalue weighted by Gasteiger charge is -2.42. The number of H-pyrrole nitrogens is 1. The first-order chi connectivity index (χ1) is 14.4. The third-order valence-corrected chi connectivity index (χ3v) is 9.33. The SMILES string of the molecule is CCS(=O)(=O)c1csc(C(=O)N2CCN(c3ncnc4[nH]ccc34)CC23CC3)c1C. The smallest absolute Gasteiger partial charge is 0.264 e. The molecule has 0 aromatic carbocycles. The van der Waals surface area contributed by atoms with E-state index in [1.807, 2.05) is 17.2 Å². The molecule has 1 N–H and O–H groups in total. The monoisotopic (exact) mass is 445 g/mol. The number of carbonyl (C=O) groups excluding carboxylic acids is 1. The average molecular weight is 446 g/mol. The summed E-state index contributed by atoms with van der Waals surface area (Å²) < 4.78 is 24.6. The summed E-state index contributed by atoms with van der Waals surface area (Å²) in [4.78, 5) is 30.3. The molecule has 10 heteroatoms. The Balaban J connectivity index is 1.42. The van der Waals surface area contributed by atoms with Gasteiger partial charge in [-0.25, -0.2) is 18.4 Å². The maximum atomic E-state index is 13.4. The van der Waals surface area contributed by atoms with Crippen LogP contribution in [0.4, 0.5) is 5.82 Å². The summed E-state index contributed by atoms with van der Waals surface area (Å²) in [5.74, 6) is 0.873. The third-order valence-electron chi connectivity index (χ3n) is 6.26. The summed E-state index contributed by atoms with van der Waals surface area (Å²) in [6, 6.07) is 1.98. The highest BCUT2D eigenvalue weighted by Gasteiger charge is 2.54. The van der Waals surface area contributed by atoms with E-state index in [2.05, 4.69) is 19.9 Å². The number of hydrogen-bond donors (Lipinski definition) is 1. The number of rotatable bonds is 4. The minimum Gasteiger partial charge on any atom is -0.352 e. The van der Waals surface area contributed by atoms with Crippen LogP contribution in [0.2, 0.25) is 0 Å². The highest BCUT2D eigenvalue weighted by molar-refractivity contribution is 7.91. The van der Waals surface area contributed by atoms with Gasteiger partial charge in [-0.3, -0.25) is 4.79 Å². The molecular formula is C20H23N5O3S2. The number of amides is 1. The molecule has 2 fully saturated rings. The molecule has 1 spiro atoms. The first kappa shape index (κ1) is 19.5. The van der Waals surface area contributed by atoms with Gasteiger partial charge in [0.05, 0.1) is 26.5 Å². The molecule has 1 saturated carbocycles. The molecule has 2 aliphatic rings. The lowest BCUT2D eigenvalue weighted by Crippen LogP contribution is -2.57. The zero-order chi connectivity index (χ0) is 21.1. The van der Waals surface area contributed by atoms with Gasteiger partial charge in [0.15, 0.2) is 9.84 Å². The molecule has 5 rings (SSSR count). The van der Waals surface area contributed by atoms with Crippen LogP contribution in [-0.2, 0) is 9.84 Å². The summed E-state index contributed by atoms with van der Waals surface area (Å²) in [5.41, 5.74) is 1.18. The van der Waals surface area contributed by atoms with Crippen molar-refractivity contribution in [2.75, 3.05) is 30.3 Å². The fourth-order valence-electron chi connectivity index (χ4n) is 4.35. The van der Waals surface area contributed by atoms with Crippen molar-refractivity contribution in [3.63, 3.8) is 0 Å². The van der Waals surface area contributed by atoms with E-state index in [0.717, 1.165) is 36.2 Å². The van der Waals surface area contributed by atoms with E-state index in [1.54, 1.807) is 25.6 Å². The van der Waals surface area contributed by atoms with Crippen molar-refractivity contribution in [1.82, 2.24) is 19.9 Å². The molecule has 3 aromatic heterocycles. The largest absolute Gasteiger partial charge is 0.352 e. The molecule has 158 valence electrons. The van der Waals surface area contributed by atoms with E-state index in [0.29, 0.717) is 23.5 Å². The van der Waals surface area contributed by atoms with Crippen LogP contribution in [0, 0.1) is 6.92 Å². The molecule has 30 heavy (non-hydrogen) atoms. The van der Waals surface area contributed by atoms with Gasteiger partial charge in [0, 0.05) is 31.2 Å². The van der Waals surface area contributed by atoms with Crippen molar-refractivity contribution in [3.05, 3.63) is 34.4 Å². The van der Waals surface area contributed by atoms with Gasteiger partial charge in [0.2, 0.25) is 0 Å². The Morgan fingerprint density at radius 2 is 2.10 bits per heavy atom. The lowest BCUT2D eigenvalue weighted by atomic mass is 10.1. The van der Waals surface area contributed by atoms with Gasteiger partial charge < -0.3 is 14.8 Å². The Hall–Kier alpha value is -2.46. The minimum atomic E-state index is -3.33. The Morgan fingerprint density at radius 1 is 1.30 bits per heavy atom. The molecule has 1 aliphatic carbocycles. The predicted molar refractivity (Wildman–Crippen MR) is 116 cm³/mol. The standard InChI is InChI=1S/C20H23N5O3S2/c1-3-30(27,28)15-10-29-16(13(15)2)19(26)25-9-8-24(11-20(25)5-6-20)18-14-4-7-21-17(14)22-12-23-18/h4,7,10,12H,3,5-6,8-9,11H2,1-2H3,(H,21,22,23). The van der Waals surface area contributed by atoms with E-state index in [9.17, 15) is 13.2 Å². The molecule has 1 saturated heterocycles. The van der Waals surface area contributed by atoms with Crippen molar-refractivity contribution in [2.24, 2.45) is 0 Å². The second-order valence-electron chi connectivity index (χ2n) is 8.00. The van der Waals surface area contributed by atoms with Crippen LogP contribution in [0.5, 0.6) is 0 Å². The van der Waals surface area contributed by atoms with Crippen LogP contribution < -0.4 is 4.90 Å². The van der Waals surface area contributed by atoms with Gasteiger partial charge in [0.1, 0.15) is 17.8 Å². The number of carbonyl (C=O) groups is 1. The van der Waals surface area contributed by atoms with Crippen molar-refractivity contribution < 1.29 is 13.2 Å². The average Bonchev–Trinajstić information content (AvgIpc) is 3.15. The summed E-state index contributed by atoms with van der Waals surface area (Å²) in [7, 11) is -3.33. The third kappa shape index (κ3) is 2.92. The quantitative estimate of drug-likeness (QED) is 0.663. The molecule has 0 bridgehead atoms. The Bertz CT molecular complexity index is 1240. The van der Waals surface area contributed by atoms with Crippen LogP contribution in [0.25, 0.3) is 11.0 Å². The Morgan fingerprint density at radius 3 is 2.83 bits per heavy atom. The molecule has 0 unspecified atom stereocenters. The van der Waals surface area contributed by atoms with E-state index in [-0.39, 0.29) is 22.1 Å². The topological polar surface area (TPSA) is 99.3 Å². The van der Waals surface area contributed by atoms with E-state index >= 15 is 0 Å². The summed E-state index contributed by atoms with van der Waals surface area (Å²) >= 11 is 1.24. The van der Waals surface area contributed by atoms with Crippen LogP contribution in [0.3, 0.4) is 0 Å². The van der Waals surface area contributed by atoms with Gasteiger partial charge in [-0.2, -0.15) is 0 Å². The fraction of sp³-hybridized carbons (Fsp3) is 0.450. The molecular weight excluding hydrogens is 422 g/mol. The molecule has 4 heterocycles. The second kappa shape index (κ2) is 6.78. The number of thiophene rings is 1. The number of piperazine rings is 1. The van der Waals surface area contributed by atoms with Gasteiger partial charge in [-0.05, 0) is 31.4 Å². The number of nitrogens with one attached hydrogen (secondary N) is 1. The van der Waals surface area contributed by atoms with Crippen molar-refractivity contribution in [2.45, 2.75) is 37.1 Å². The molecule has 3 aromatic rings. The Labute approximate surface area is 178 Å². The first-order valence-corrected chi connectivity index (χ1v) is 12.6. The summed E-state index contributed by atoms with van der Waals surface area (Å²) in [5, 5.41) is 2.59. The van der Waals surface area contributed by atoms with Crippen LogP contribution in [-0.4, -0.2) is 65.1 Å². The fourth-order valence-corrected chi connectivity index (χ4v) is 6.93. The number of anilines is 1. The number of nitrogens with zero attached hydrogens (tertiary/aromatic N) is 4. The first-order valence-electron chi connectivity index (χ1n) is 10.0. The number of aromatic nitrogens is 3. The van der Waals surface area contributed by atoms with Gasteiger partial charge >= 0.3 is 0 Å². The van der Waals surface area contributed by atoms with Crippen molar-refractivity contribution in [3.8, 4) is 0 Å². The molecule has 8 nitrogen and oxygen atoms in total. The Kier molecular flexibility index (Phi) is 4.41. The number of aromatic amines is 1. The normalized spacial score (nSPS) is 18.3. The minimum absolute atomic E-state index is 0.0351. The molecule has 1 aliphatic heterocycles. The van der Waals surface area contributed by atoms with Gasteiger partial charge in [-0.1, -0.05) is 6.92 Å². The van der Waals surface area contributed by atoms with Gasteiger partial charge in [0.25, 0.3) is 5.91 Å². The zero-order valence-corrected chi connectivity index (χ0v) is 18.5. The summed E-state index contributed by atoms with van der Waals surface area (Å²) in [6.45, 7) is 5.35.